The van der Waals surface area contributed by atoms with Crippen molar-refractivity contribution in [1.82, 2.24) is 0 Å². The molecule has 2 aromatic rings. The molecule has 0 unspecified atom stereocenters. The standard InChI is InChI=1S/C10H7O6S2/c11-17(12,13)8-5-7-3-1-2-4-9(7)10(6-8)18(14,15)16/h1,3-6H,(H,11,12,13)(H,14,15,16). The van der Waals surface area contributed by atoms with Gasteiger partial charge in [0, 0.05) is 5.39 Å². The third-order valence-electron chi connectivity index (χ3n) is 2.31. The van der Waals surface area contributed by atoms with Crippen LogP contribution in [0.15, 0.2) is 40.1 Å². The van der Waals surface area contributed by atoms with Gasteiger partial charge in [-0.3, -0.25) is 9.11 Å². The summed E-state index contributed by atoms with van der Waals surface area (Å²) in [5, 5.41) is 0.365. The van der Waals surface area contributed by atoms with Crippen molar-refractivity contribution in [3.05, 3.63) is 36.4 Å². The molecule has 2 N–H and O–H groups in total. The quantitative estimate of drug-likeness (QED) is 0.801. The first-order valence-electron chi connectivity index (χ1n) is 4.58. The first-order valence-corrected chi connectivity index (χ1v) is 7.46. The first-order chi connectivity index (χ1) is 8.19. The Kier molecular flexibility index (Phi) is 2.90. The van der Waals surface area contributed by atoms with Gasteiger partial charge in [0.2, 0.25) is 0 Å². The fourth-order valence-corrected chi connectivity index (χ4v) is 2.89. The third kappa shape index (κ3) is 2.36. The van der Waals surface area contributed by atoms with E-state index in [2.05, 4.69) is 6.07 Å². The van der Waals surface area contributed by atoms with E-state index in [0.717, 1.165) is 6.07 Å². The zero-order chi connectivity index (χ0) is 13.6. The van der Waals surface area contributed by atoms with Gasteiger partial charge in [-0.15, -0.1) is 0 Å². The van der Waals surface area contributed by atoms with E-state index in [-0.39, 0.29) is 10.8 Å². The summed E-state index contributed by atoms with van der Waals surface area (Å²) >= 11 is 0. The van der Waals surface area contributed by atoms with Crippen LogP contribution in [0.5, 0.6) is 0 Å². The molecule has 18 heavy (non-hydrogen) atoms. The number of fused-ring (bicyclic) bond motifs is 1. The molecular weight excluding hydrogens is 280 g/mol. The van der Waals surface area contributed by atoms with E-state index in [9.17, 15) is 16.8 Å². The predicted octanol–water partition coefficient (Wildman–Crippen LogP) is 1.13. The van der Waals surface area contributed by atoms with Gasteiger partial charge in [0.15, 0.2) is 0 Å². The van der Waals surface area contributed by atoms with E-state index in [0.29, 0.717) is 6.07 Å². The summed E-state index contributed by atoms with van der Waals surface area (Å²) in [7, 11) is -9.17. The minimum atomic E-state index is -4.61. The number of hydrogen-bond donors (Lipinski definition) is 2. The van der Waals surface area contributed by atoms with Crippen LogP contribution in [0, 0.1) is 6.07 Å². The maximum Gasteiger partial charge on any atom is 0.295 e. The van der Waals surface area contributed by atoms with E-state index in [1.54, 1.807) is 0 Å². The van der Waals surface area contributed by atoms with Crippen molar-refractivity contribution >= 4 is 31.0 Å². The van der Waals surface area contributed by atoms with E-state index in [1.165, 1.54) is 18.2 Å². The van der Waals surface area contributed by atoms with Crippen LogP contribution in [0.2, 0.25) is 0 Å². The molecule has 0 bridgehead atoms. The van der Waals surface area contributed by atoms with Gasteiger partial charge in [0.25, 0.3) is 20.2 Å². The molecule has 0 aromatic heterocycles. The molecule has 6 nitrogen and oxygen atoms in total. The summed E-state index contributed by atoms with van der Waals surface area (Å²) in [5.41, 5.74) is 0. The Hall–Kier alpha value is -1.48. The molecule has 0 atom stereocenters. The SMILES string of the molecule is O=S(=O)(O)c1cc(S(=O)(=O)O)c2c[c]ccc2c1. The van der Waals surface area contributed by atoms with Crippen molar-refractivity contribution < 1.29 is 25.9 Å². The molecule has 2 rings (SSSR count). The Labute approximate surface area is 103 Å². The minimum absolute atomic E-state index is 0.118. The summed E-state index contributed by atoms with van der Waals surface area (Å²) < 4.78 is 62.4. The van der Waals surface area contributed by atoms with Crippen LogP contribution >= 0.6 is 0 Å². The van der Waals surface area contributed by atoms with Crippen LogP contribution in [-0.2, 0) is 20.2 Å². The third-order valence-corrected chi connectivity index (χ3v) is 4.04. The zero-order valence-corrected chi connectivity index (χ0v) is 10.4. The lowest BCUT2D eigenvalue weighted by Crippen LogP contribution is -2.04. The molecule has 0 fully saturated rings. The average Bonchev–Trinajstić information content (AvgIpc) is 2.25. The summed E-state index contributed by atoms with van der Waals surface area (Å²) in [6.45, 7) is 0. The highest BCUT2D eigenvalue weighted by Gasteiger charge is 2.19. The fourth-order valence-electron chi connectivity index (χ4n) is 1.55. The lowest BCUT2D eigenvalue weighted by Gasteiger charge is -2.06. The van der Waals surface area contributed by atoms with Gasteiger partial charge in [-0.25, -0.2) is 0 Å². The van der Waals surface area contributed by atoms with Gasteiger partial charge in [0.05, 0.1) is 4.90 Å². The smallest absolute Gasteiger partial charge is 0.282 e. The minimum Gasteiger partial charge on any atom is -0.282 e. The van der Waals surface area contributed by atoms with Gasteiger partial charge in [0.1, 0.15) is 4.90 Å². The summed E-state index contributed by atoms with van der Waals surface area (Å²) in [6, 6.07) is 8.58. The molecule has 0 saturated heterocycles. The molecule has 95 valence electrons. The Balaban J connectivity index is 3.00. The van der Waals surface area contributed by atoms with Gasteiger partial charge in [-0.1, -0.05) is 12.1 Å². The number of rotatable bonds is 2. The predicted molar refractivity (Wildman–Crippen MR) is 62.4 cm³/mol. The Morgan fingerprint density at radius 3 is 2.22 bits per heavy atom. The number of benzene rings is 2. The van der Waals surface area contributed by atoms with E-state index in [1.807, 2.05) is 0 Å². The zero-order valence-electron chi connectivity index (χ0n) is 8.73. The Bertz CT molecular complexity index is 821. The van der Waals surface area contributed by atoms with E-state index in [4.69, 9.17) is 9.11 Å². The van der Waals surface area contributed by atoms with Gasteiger partial charge >= 0.3 is 0 Å². The highest BCUT2D eigenvalue weighted by atomic mass is 32.2. The molecule has 0 saturated carbocycles. The molecule has 0 aliphatic rings. The second-order valence-corrected chi connectivity index (χ2v) is 6.33. The van der Waals surface area contributed by atoms with Gasteiger partial charge in [-0.05, 0) is 29.7 Å². The molecule has 8 heteroatoms. The molecule has 0 heterocycles. The van der Waals surface area contributed by atoms with Crippen molar-refractivity contribution in [3.63, 3.8) is 0 Å². The molecular formula is C10H7O6S2. The van der Waals surface area contributed by atoms with Gasteiger partial charge in [-0.2, -0.15) is 16.8 Å². The van der Waals surface area contributed by atoms with Crippen molar-refractivity contribution in [2.45, 2.75) is 9.79 Å². The topological polar surface area (TPSA) is 109 Å². The first kappa shape index (κ1) is 13.0. The summed E-state index contributed by atoms with van der Waals surface area (Å²) in [6.07, 6.45) is 0. The highest BCUT2D eigenvalue weighted by Crippen LogP contribution is 2.26. The van der Waals surface area contributed by atoms with Gasteiger partial charge < -0.3 is 0 Å². The molecule has 0 spiro atoms. The highest BCUT2D eigenvalue weighted by molar-refractivity contribution is 7.86. The molecule has 1 radical (unpaired) electrons. The monoisotopic (exact) mass is 287 g/mol. The maximum absolute atomic E-state index is 11.2. The van der Waals surface area contributed by atoms with Crippen LogP contribution in [0.1, 0.15) is 0 Å². The van der Waals surface area contributed by atoms with E-state index >= 15 is 0 Å². The Morgan fingerprint density at radius 2 is 1.67 bits per heavy atom. The molecule has 0 amide bonds. The molecule has 2 aromatic carbocycles. The average molecular weight is 287 g/mol. The lowest BCUT2D eigenvalue weighted by atomic mass is 10.1. The van der Waals surface area contributed by atoms with Crippen LogP contribution < -0.4 is 0 Å². The van der Waals surface area contributed by atoms with Crippen molar-refractivity contribution in [3.8, 4) is 0 Å². The summed E-state index contributed by atoms with van der Waals surface area (Å²) in [5.74, 6) is 0. The van der Waals surface area contributed by atoms with Crippen molar-refractivity contribution in [2.75, 3.05) is 0 Å². The van der Waals surface area contributed by atoms with Crippen molar-refractivity contribution in [2.24, 2.45) is 0 Å². The van der Waals surface area contributed by atoms with Crippen LogP contribution in [0.4, 0.5) is 0 Å². The van der Waals surface area contributed by atoms with Crippen LogP contribution in [0.25, 0.3) is 10.8 Å². The van der Waals surface area contributed by atoms with Crippen LogP contribution in [0.3, 0.4) is 0 Å². The second kappa shape index (κ2) is 4.02. The Morgan fingerprint density at radius 1 is 1.00 bits per heavy atom. The largest absolute Gasteiger partial charge is 0.295 e. The molecule has 0 aliphatic heterocycles. The normalized spacial score (nSPS) is 12.8. The summed E-state index contributed by atoms with van der Waals surface area (Å²) in [4.78, 5) is -1.20. The molecule has 0 aliphatic carbocycles. The second-order valence-electron chi connectivity index (χ2n) is 3.52. The number of hydrogen-bond acceptors (Lipinski definition) is 4. The van der Waals surface area contributed by atoms with Crippen LogP contribution in [-0.4, -0.2) is 25.9 Å². The van der Waals surface area contributed by atoms with E-state index < -0.39 is 30.0 Å². The lowest BCUT2D eigenvalue weighted by molar-refractivity contribution is 0.482. The fraction of sp³-hybridized carbons (Fsp3) is 0. The van der Waals surface area contributed by atoms with Crippen molar-refractivity contribution in [1.29, 1.82) is 0 Å². The maximum atomic E-state index is 11.2.